The smallest absolute Gasteiger partial charge is 0.225 e. The molecule has 0 unspecified atom stereocenters. The first-order valence-electron chi connectivity index (χ1n) is 7.36. The van der Waals surface area contributed by atoms with Crippen LogP contribution in [-0.2, 0) is 14.6 Å². The molecule has 1 N–H and O–H groups in total. The van der Waals surface area contributed by atoms with E-state index >= 15 is 0 Å². The number of ether oxygens (including phenoxy) is 2. The van der Waals surface area contributed by atoms with Crippen LogP contribution in [0.3, 0.4) is 0 Å². The fourth-order valence-corrected chi connectivity index (χ4v) is 3.49. The van der Waals surface area contributed by atoms with Gasteiger partial charge in [-0.15, -0.1) is 0 Å². The molecule has 0 atom stereocenters. The van der Waals surface area contributed by atoms with Crippen LogP contribution in [0.2, 0.25) is 5.02 Å². The Balaban J connectivity index is 1.99. The molecule has 2 aromatic rings. The zero-order valence-corrected chi connectivity index (χ0v) is 15.4. The molecule has 0 bridgehead atoms. The first kappa shape index (κ1) is 19.1. The van der Waals surface area contributed by atoms with Crippen LogP contribution in [0.1, 0.15) is 6.42 Å². The number of amides is 1. The molecule has 0 fully saturated rings. The van der Waals surface area contributed by atoms with E-state index in [1.54, 1.807) is 18.2 Å². The van der Waals surface area contributed by atoms with Gasteiger partial charge in [-0.05, 0) is 36.4 Å². The minimum Gasteiger partial charge on any atom is -0.493 e. The summed E-state index contributed by atoms with van der Waals surface area (Å²) in [7, 11) is -0.552. The maximum atomic E-state index is 12.2. The first-order valence-corrected chi connectivity index (χ1v) is 9.39. The Morgan fingerprint density at radius 3 is 2.28 bits per heavy atom. The highest BCUT2D eigenvalue weighted by Gasteiger charge is 2.17. The zero-order chi connectivity index (χ0) is 18.4. The second kappa shape index (κ2) is 8.22. The Bertz CT molecular complexity index is 850. The van der Waals surface area contributed by atoms with Gasteiger partial charge in [0.25, 0.3) is 0 Å². The highest BCUT2D eigenvalue weighted by molar-refractivity contribution is 7.91. The lowest BCUT2D eigenvalue weighted by atomic mass is 10.2. The zero-order valence-electron chi connectivity index (χ0n) is 13.8. The molecule has 0 aliphatic heterocycles. The van der Waals surface area contributed by atoms with Gasteiger partial charge in [0.1, 0.15) is 0 Å². The molecule has 0 radical (unpaired) electrons. The third-order valence-electron chi connectivity index (χ3n) is 3.44. The van der Waals surface area contributed by atoms with Crippen molar-refractivity contribution in [1.82, 2.24) is 0 Å². The van der Waals surface area contributed by atoms with Gasteiger partial charge in [-0.1, -0.05) is 11.6 Å². The summed E-state index contributed by atoms with van der Waals surface area (Å²) >= 11 is 5.75. The summed E-state index contributed by atoms with van der Waals surface area (Å²) < 4.78 is 34.7. The van der Waals surface area contributed by atoms with Crippen molar-refractivity contribution in [2.75, 3.05) is 25.3 Å². The molecule has 134 valence electrons. The van der Waals surface area contributed by atoms with E-state index < -0.39 is 15.7 Å². The summed E-state index contributed by atoms with van der Waals surface area (Å²) in [6.45, 7) is 0. The molecular weight excluding hydrogens is 366 g/mol. The molecule has 0 aromatic heterocycles. The number of benzene rings is 2. The van der Waals surface area contributed by atoms with Crippen molar-refractivity contribution in [1.29, 1.82) is 0 Å². The predicted octanol–water partition coefficient (Wildman–Crippen LogP) is 3.16. The van der Waals surface area contributed by atoms with Gasteiger partial charge in [-0.3, -0.25) is 4.79 Å². The predicted molar refractivity (Wildman–Crippen MR) is 96.3 cm³/mol. The average molecular weight is 384 g/mol. The number of halogens is 1. The summed E-state index contributed by atoms with van der Waals surface area (Å²) in [4.78, 5) is 12.2. The van der Waals surface area contributed by atoms with E-state index in [-0.39, 0.29) is 17.1 Å². The van der Waals surface area contributed by atoms with Crippen molar-refractivity contribution >= 4 is 33.0 Å². The average Bonchev–Trinajstić information content (AvgIpc) is 2.60. The lowest BCUT2D eigenvalue weighted by Crippen LogP contribution is -2.17. The molecule has 0 aliphatic carbocycles. The molecule has 0 saturated carbocycles. The second-order valence-corrected chi connectivity index (χ2v) is 7.69. The second-order valence-electron chi connectivity index (χ2n) is 5.14. The third-order valence-corrected chi connectivity index (χ3v) is 5.42. The number of rotatable bonds is 7. The molecule has 2 rings (SSSR count). The third kappa shape index (κ3) is 5.11. The monoisotopic (exact) mass is 383 g/mol. The summed E-state index contributed by atoms with van der Waals surface area (Å²) in [5, 5.41) is 3.09. The first-order chi connectivity index (χ1) is 11.9. The van der Waals surface area contributed by atoms with Crippen LogP contribution in [0, 0.1) is 0 Å². The van der Waals surface area contributed by atoms with E-state index in [2.05, 4.69) is 5.32 Å². The van der Waals surface area contributed by atoms with E-state index in [9.17, 15) is 13.2 Å². The van der Waals surface area contributed by atoms with Crippen LogP contribution >= 0.6 is 11.6 Å². The molecular formula is C17H18ClNO5S. The minimum absolute atomic E-state index is 0.135. The standard InChI is InChI=1S/C17H18ClNO5S/c1-23-15-8-5-13(11-16(15)24-2)19-17(20)9-10-25(21,22)14-6-3-12(18)4-7-14/h3-8,11H,9-10H2,1-2H3,(H,19,20). The molecule has 0 spiro atoms. The molecule has 25 heavy (non-hydrogen) atoms. The molecule has 1 amide bonds. The summed E-state index contributed by atoms with van der Waals surface area (Å²) in [5.41, 5.74) is 0.492. The lowest BCUT2D eigenvalue weighted by Gasteiger charge is -2.10. The van der Waals surface area contributed by atoms with Crippen LogP contribution in [0.15, 0.2) is 47.4 Å². The quantitative estimate of drug-likeness (QED) is 0.794. The molecule has 0 heterocycles. The lowest BCUT2D eigenvalue weighted by molar-refractivity contribution is -0.115. The number of hydrogen-bond donors (Lipinski definition) is 1. The van der Waals surface area contributed by atoms with Crippen molar-refractivity contribution in [3.8, 4) is 11.5 Å². The maximum absolute atomic E-state index is 12.2. The van der Waals surface area contributed by atoms with Crippen molar-refractivity contribution in [3.63, 3.8) is 0 Å². The van der Waals surface area contributed by atoms with E-state index in [1.807, 2.05) is 0 Å². The fraction of sp³-hybridized carbons (Fsp3) is 0.235. The fourth-order valence-electron chi connectivity index (χ4n) is 2.12. The molecule has 0 saturated heterocycles. The van der Waals surface area contributed by atoms with Gasteiger partial charge in [0.2, 0.25) is 5.91 Å². The molecule has 8 heteroatoms. The maximum Gasteiger partial charge on any atom is 0.225 e. The van der Waals surface area contributed by atoms with Gasteiger partial charge in [-0.25, -0.2) is 8.42 Å². The SMILES string of the molecule is COc1ccc(NC(=O)CCS(=O)(=O)c2ccc(Cl)cc2)cc1OC. The number of hydrogen-bond acceptors (Lipinski definition) is 5. The van der Waals surface area contributed by atoms with Gasteiger partial charge in [-0.2, -0.15) is 0 Å². The Labute approximate surface area is 151 Å². The molecule has 6 nitrogen and oxygen atoms in total. The summed E-state index contributed by atoms with van der Waals surface area (Å²) in [6, 6.07) is 10.7. The van der Waals surface area contributed by atoms with Gasteiger partial charge in [0.05, 0.1) is 24.9 Å². The largest absolute Gasteiger partial charge is 0.493 e. The minimum atomic E-state index is -3.55. The van der Waals surface area contributed by atoms with E-state index in [0.717, 1.165) is 0 Å². The van der Waals surface area contributed by atoms with Crippen LogP contribution in [-0.4, -0.2) is 34.3 Å². The van der Waals surface area contributed by atoms with Crippen LogP contribution in [0.25, 0.3) is 0 Å². The Hall–Kier alpha value is -2.25. The van der Waals surface area contributed by atoms with Crippen molar-refractivity contribution in [2.45, 2.75) is 11.3 Å². The van der Waals surface area contributed by atoms with Crippen molar-refractivity contribution in [3.05, 3.63) is 47.5 Å². The number of methoxy groups -OCH3 is 2. The van der Waals surface area contributed by atoms with Gasteiger partial charge in [0.15, 0.2) is 21.3 Å². The van der Waals surface area contributed by atoms with E-state index in [1.165, 1.54) is 38.5 Å². The normalized spacial score (nSPS) is 11.0. The number of carbonyl (C=O) groups excluding carboxylic acids is 1. The van der Waals surface area contributed by atoms with Crippen molar-refractivity contribution in [2.24, 2.45) is 0 Å². The number of nitrogens with one attached hydrogen (secondary N) is 1. The number of carbonyl (C=O) groups is 1. The Morgan fingerprint density at radius 1 is 1.04 bits per heavy atom. The van der Waals surface area contributed by atoms with Crippen LogP contribution in [0.5, 0.6) is 11.5 Å². The van der Waals surface area contributed by atoms with Crippen LogP contribution in [0.4, 0.5) is 5.69 Å². The van der Waals surface area contributed by atoms with Gasteiger partial charge < -0.3 is 14.8 Å². The number of sulfone groups is 1. The highest BCUT2D eigenvalue weighted by Crippen LogP contribution is 2.29. The van der Waals surface area contributed by atoms with Gasteiger partial charge in [0, 0.05) is 23.2 Å². The van der Waals surface area contributed by atoms with E-state index in [4.69, 9.17) is 21.1 Å². The van der Waals surface area contributed by atoms with Gasteiger partial charge >= 0.3 is 0 Å². The molecule has 2 aromatic carbocycles. The topological polar surface area (TPSA) is 81.7 Å². The van der Waals surface area contributed by atoms with Crippen molar-refractivity contribution < 1.29 is 22.7 Å². The van der Waals surface area contributed by atoms with Crippen LogP contribution < -0.4 is 14.8 Å². The summed E-state index contributed by atoms with van der Waals surface area (Å²) in [6.07, 6.45) is -0.167. The Morgan fingerprint density at radius 2 is 1.68 bits per heavy atom. The Kier molecular flexibility index (Phi) is 6.27. The summed E-state index contributed by atoms with van der Waals surface area (Å²) in [5.74, 6) is 0.290. The highest BCUT2D eigenvalue weighted by atomic mass is 35.5. The number of anilines is 1. The van der Waals surface area contributed by atoms with E-state index in [0.29, 0.717) is 22.2 Å². The molecule has 0 aliphatic rings.